The van der Waals surface area contributed by atoms with Crippen LogP contribution in [0.4, 0.5) is 0 Å². The maximum atomic E-state index is 12.0. The summed E-state index contributed by atoms with van der Waals surface area (Å²) in [6.07, 6.45) is 8.05. The first-order valence-corrected chi connectivity index (χ1v) is 11.2. The average Bonchev–Trinajstić information content (AvgIpc) is 2.62. The number of hydrogen-bond donors (Lipinski definition) is 1. The highest BCUT2D eigenvalue weighted by molar-refractivity contribution is 5.90. The van der Waals surface area contributed by atoms with E-state index in [9.17, 15) is 14.4 Å². The molecule has 2 aliphatic rings. The van der Waals surface area contributed by atoms with Crippen LogP contribution in [0.5, 0.6) is 0 Å². The number of fused-ring (bicyclic) bond motifs is 1. The Balaban J connectivity index is 2.13. The number of carboxylic acids is 1. The highest BCUT2D eigenvalue weighted by Crippen LogP contribution is 2.61. The Morgan fingerprint density at radius 3 is 2.52 bits per heavy atom. The molecule has 0 radical (unpaired) electrons. The zero-order chi connectivity index (χ0) is 23.4. The molecule has 0 aromatic rings. The maximum absolute atomic E-state index is 12.0. The molecule has 4 atom stereocenters. The van der Waals surface area contributed by atoms with Crippen LogP contribution < -0.4 is 0 Å². The molecule has 1 N–H and O–H groups in total. The van der Waals surface area contributed by atoms with Gasteiger partial charge in [-0.05, 0) is 69.3 Å². The molecular weight excluding hydrogens is 396 g/mol. The Morgan fingerprint density at radius 2 is 1.90 bits per heavy atom. The Kier molecular flexibility index (Phi) is 8.12. The molecule has 1 fully saturated rings. The number of carbonyl (C=O) groups excluding carboxylic acids is 2. The monoisotopic (exact) mass is 434 g/mol. The molecule has 0 aromatic carbocycles. The largest absolute Gasteiger partial charge is 0.481 e. The van der Waals surface area contributed by atoms with Crippen LogP contribution >= 0.6 is 0 Å². The van der Waals surface area contributed by atoms with Crippen LogP contribution in [-0.4, -0.2) is 35.7 Å². The highest BCUT2D eigenvalue weighted by atomic mass is 16.5. The van der Waals surface area contributed by atoms with Gasteiger partial charge < -0.3 is 14.6 Å². The van der Waals surface area contributed by atoms with Gasteiger partial charge in [0.15, 0.2) is 0 Å². The molecule has 0 aliphatic heterocycles. The minimum Gasteiger partial charge on any atom is -0.481 e. The van der Waals surface area contributed by atoms with Crippen LogP contribution in [0.3, 0.4) is 0 Å². The fraction of sp³-hybridized carbons (Fsp3) is 0.720. The van der Waals surface area contributed by atoms with Crippen molar-refractivity contribution < 1.29 is 29.0 Å². The summed E-state index contributed by atoms with van der Waals surface area (Å²) in [6, 6.07) is 0. The zero-order valence-electron chi connectivity index (χ0n) is 19.8. The second-order valence-corrected chi connectivity index (χ2v) is 10.1. The minimum absolute atomic E-state index is 0.0915. The van der Waals surface area contributed by atoms with E-state index < -0.39 is 18.4 Å². The Hall–Kier alpha value is -2.11. The lowest BCUT2D eigenvalue weighted by Crippen LogP contribution is -2.55. The number of esters is 2. The van der Waals surface area contributed by atoms with Crippen molar-refractivity contribution in [3.63, 3.8) is 0 Å². The summed E-state index contributed by atoms with van der Waals surface area (Å²) in [5.41, 5.74) is 2.49. The molecule has 0 spiro atoms. The summed E-state index contributed by atoms with van der Waals surface area (Å²) in [4.78, 5) is 33.8. The van der Waals surface area contributed by atoms with E-state index in [1.165, 1.54) is 18.1 Å². The van der Waals surface area contributed by atoms with Crippen LogP contribution in [0.25, 0.3) is 0 Å². The van der Waals surface area contributed by atoms with Crippen molar-refractivity contribution in [2.75, 3.05) is 6.61 Å². The van der Waals surface area contributed by atoms with Gasteiger partial charge in [0.1, 0.15) is 19.1 Å². The first-order valence-electron chi connectivity index (χ1n) is 11.2. The van der Waals surface area contributed by atoms with Gasteiger partial charge in [0.2, 0.25) is 0 Å². The smallest absolute Gasteiger partial charge is 0.317 e. The second kappa shape index (κ2) is 10.0. The van der Waals surface area contributed by atoms with Crippen molar-refractivity contribution in [2.45, 2.75) is 86.2 Å². The number of carbonyl (C=O) groups is 3. The van der Waals surface area contributed by atoms with Gasteiger partial charge in [0.05, 0.1) is 0 Å². The van der Waals surface area contributed by atoms with Crippen LogP contribution in [0.1, 0.15) is 80.1 Å². The van der Waals surface area contributed by atoms with Crippen molar-refractivity contribution in [1.82, 2.24) is 0 Å². The molecule has 6 nitrogen and oxygen atoms in total. The van der Waals surface area contributed by atoms with E-state index in [0.29, 0.717) is 18.4 Å². The molecule has 0 saturated heterocycles. The molecule has 0 bridgehead atoms. The van der Waals surface area contributed by atoms with Crippen molar-refractivity contribution in [3.05, 3.63) is 23.3 Å². The molecule has 0 amide bonds. The number of hydrogen-bond acceptors (Lipinski definition) is 5. The van der Waals surface area contributed by atoms with Gasteiger partial charge in [-0.1, -0.05) is 38.0 Å². The van der Waals surface area contributed by atoms with E-state index >= 15 is 0 Å². The molecule has 31 heavy (non-hydrogen) atoms. The summed E-state index contributed by atoms with van der Waals surface area (Å²) < 4.78 is 10.7. The SMILES string of the molecule is CC(=O)OCC=C(C)CCC1C(C)=CCC2C(C)(C)C(OC(=O)CC(=O)O)CCC12C. The number of rotatable bonds is 8. The van der Waals surface area contributed by atoms with Crippen LogP contribution in [-0.2, 0) is 23.9 Å². The second-order valence-electron chi connectivity index (χ2n) is 10.1. The van der Waals surface area contributed by atoms with Crippen molar-refractivity contribution in [2.24, 2.45) is 22.7 Å². The molecule has 174 valence electrons. The van der Waals surface area contributed by atoms with Gasteiger partial charge in [-0.3, -0.25) is 14.4 Å². The van der Waals surface area contributed by atoms with Gasteiger partial charge >= 0.3 is 17.9 Å². The number of allylic oxidation sites excluding steroid dienone is 3. The molecule has 2 aliphatic carbocycles. The van der Waals surface area contributed by atoms with E-state index in [-0.39, 0.29) is 22.9 Å². The summed E-state index contributed by atoms with van der Waals surface area (Å²) >= 11 is 0. The molecule has 0 heterocycles. The Bertz CT molecular complexity index is 762. The summed E-state index contributed by atoms with van der Waals surface area (Å²) in [5.74, 6) is -1.30. The number of ether oxygens (including phenoxy) is 2. The predicted octanol–water partition coefficient (Wildman–Crippen LogP) is 5.07. The van der Waals surface area contributed by atoms with E-state index in [1.807, 2.05) is 6.08 Å². The topological polar surface area (TPSA) is 89.9 Å². The fourth-order valence-electron chi connectivity index (χ4n) is 5.89. The van der Waals surface area contributed by atoms with Gasteiger partial charge in [0, 0.05) is 12.3 Å². The first-order chi connectivity index (χ1) is 14.4. The third-order valence-electron chi connectivity index (χ3n) is 7.61. The highest BCUT2D eigenvalue weighted by Gasteiger charge is 2.56. The quantitative estimate of drug-likeness (QED) is 0.326. The summed E-state index contributed by atoms with van der Waals surface area (Å²) in [6.45, 7) is 12.7. The van der Waals surface area contributed by atoms with Crippen molar-refractivity contribution in [3.8, 4) is 0 Å². The Labute approximate surface area is 186 Å². The standard InChI is InChI=1S/C25H38O6/c1-16(12-14-30-18(3)26)7-9-19-17(2)8-10-20-24(4,5)21(11-13-25(19,20)6)31-23(29)15-22(27)28/h8,12,19-21H,7,9-11,13-15H2,1-6H3,(H,27,28). The Morgan fingerprint density at radius 1 is 1.23 bits per heavy atom. The predicted molar refractivity (Wildman–Crippen MR) is 118 cm³/mol. The van der Waals surface area contributed by atoms with E-state index in [0.717, 1.165) is 32.1 Å². The zero-order valence-corrected chi connectivity index (χ0v) is 19.8. The first kappa shape index (κ1) is 25.2. The van der Waals surface area contributed by atoms with Crippen LogP contribution in [0, 0.1) is 22.7 Å². The molecule has 0 aromatic heterocycles. The summed E-state index contributed by atoms with van der Waals surface area (Å²) in [7, 11) is 0. The van der Waals surface area contributed by atoms with Gasteiger partial charge in [-0.2, -0.15) is 0 Å². The minimum atomic E-state index is -1.16. The van der Waals surface area contributed by atoms with Gasteiger partial charge in [-0.25, -0.2) is 0 Å². The average molecular weight is 435 g/mol. The number of carboxylic acid groups (broad SMARTS) is 1. The molecule has 1 saturated carbocycles. The number of aliphatic carboxylic acids is 1. The molecular formula is C25H38O6. The van der Waals surface area contributed by atoms with Crippen LogP contribution in [0.2, 0.25) is 0 Å². The normalized spacial score (nSPS) is 30.1. The lowest BCUT2D eigenvalue weighted by atomic mass is 9.47. The third kappa shape index (κ3) is 5.98. The van der Waals surface area contributed by atoms with Gasteiger partial charge in [-0.15, -0.1) is 0 Å². The summed E-state index contributed by atoms with van der Waals surface area (Å²) in [5, 5.41) is 8.88. The third-order valence-corrected chi connectivity index (χ3v) is 7.61. The van der Waals surface area contributed by atoms with Gasteiger partial charge in [0.25, 0.3) is 0 Å². The van der Waals surface area contributed by atoms with Crippen LogP contribution in [0.15, 0.2) is 23.3 Å². The molecule has 6 heteroatoms. The maximum Gasteiger partial charge on any atom is 0.317 e. The fourth-order valence-corrected chi connectivity index (χ4v) is 5.89. The van der Waals surface area contributed by atoms with E-state index in [2.05, 4.69) is 40.7 Å². The lowest BCUT2D eigenvalue weighted by Gasteiger charge is -2.59. The van der Waals surface area contributed by atoms with Crippen molar-refractivity contribution >= 4 is 17.9 Å². The molecule has 2 rings (SSSR count). The van der Waals surface area contributed by atoms with E-state index in [1.54, 1.807) is 0 Å². The molecule has 4 unspecified atom stereocenters. The lowest BCUT2D eigenvalue weighted by molar-refractivity contribution is -0.176. The van der Waals surface area contributed by atoms with E-state index in [4.69, 9.17) is 14.6 Å². The van der Waals surface area contributed by atoms with Crippen molar-refractivity contribution in [1.29, 1.82) is 0 Å².